The first-order valence-electron chi connectivity index (χ1n) is 8.39. The maximum absolute atomic E-state index is 12.6. The molecular weight excluding hydrogens is 422 g/mol. The Bertz CT molecular complexity index is 1310. The normalized spacial score (nSPS) is 12.6. The topological polar surface area (TPSA) is 205 Å². The monoisotopic (exact) mass is 439 g/mol. The van der Waals surface area contributed by atoms with Crippen molar-refractivity contribution in [2.45, 2.75) is 12.5 Å². The van der Waals surface area contributed by atoms with E-state index in [0.717, 1.165) is 18.4 Å². The van der Waals surface area contributed by atoms with Gasteiger partial charge in [-0.3, -0.25) is 14.9 Å². The van der Waals surface area contributed by atoms with E-state index in [1.165, 1.54) is 12.5 Å². The standard InChI is InChI=1S/C15H17N7O7S/c1-30(28,29)20-21-14(24)10-3-12(13(22(26)27)4-11(10)19-15(21)25)18-9(6-23)2-8-5-16-7-17-8/h3-5,7,9,18,20,23H,2,6H2,1H3,(H,16,17)(H,19,25)/t9-/m1/s1. The molecule has 15 heteroatoms. The van der Waals surface area contributed by atoms with Gasteiger partial charge in [0, 0.05) is 24.4 Å². The molecule has 3 aromatic rings. The molecule has 160 valence electrons. The summed E-state index contributed by atoms with van der Waals surface area (Å²) in [6.07, 6.45) is 3.97. The Labute approximate surface area is 167 Å². The molecular formula is C15H17N7O7S. The Morgan fingerprint density at radius 1 is 1.37 bits per heavy atom. The molecule has 0 saturated heterocycles. The molecule has 0 saturated carbocycles. The molecule has 0 unspecified atom stereocenters. The summed E-state index contributed by atoms with van der Waals surface area (Å²) >= 11 is 0. The van der Waals surface area contributed by atoms with Crippen LogP contribution in [0.25, 0.3) is 10.9 Å². The molecule has 0 amide bonds. The molecule has 14 nitrogen and oxygen atoms in total. The number of fused-ring (bicyclic) bond motifs is 1. The fourth-order valence-corrected chi connectivity index (χ4v) is 3.31. The Balaban J connectivity index is 2.12. The van der Waals surface area contributed by atoms with Crippen LogP contribution in [0.2, 0.25) is 0 Å². The van der Waals surface area contributed by atoms with E-state index in [2.05, 4.69) is 20.3 Å². The molecule has 5 N–H and O–H groups in total. The highest BCUT2D eigenvalue weighted by atomic mass is 32.2. The average molecular weight is 439 g/mol. The second kappa shape index (κ2) is 7.96. The summed E-state index contributed by atoms with van der Waals surface area (Å²) in [6.45, 7) is -0.389. The van der Waals surface area contributed by atoms with Crippen molar-refractivity contribution in [1.29, 1.82) is 0 Å². The summed E-state index contributed by atoms with van der Waals surface area (Å²) in [4.78, 5) is 46.2. The van der Waals surface area contributed by atoms with Crippen LogP contribution < -0.4 is 21.4 Å². The minimum Gasteiger partial charge on any atom is -0.394 e. The van der Waals surface area contributed by atoms with Gasteiger partial charge in [0.1, 0.15) is 5.69 Å². The number of imidazole rings is 1. The van der Waals surface area contributed by atoms with Crippen LogP contribution in [0.15, 0.2) is 34.2 Å². The van der Waals surface area contributed by atoms with E-state index >= 15 is 0 Å². The quantitative estimate of drug-likeness (QED) is 0.212. The van der Waals surface area contributed by atoms with Crippen molar-refractivity contribution in [1.82, 2.24) is 19.6 Å². The van der Waals surface area contributed by atoms with Gasteiger partial charge in [0.15, 0.2) is 0 Å². The van der Waals surface area contributed by atoms with E-state index in [1.54, 1.807) is 4.83 Å². The second-order valence-electron chi connectivity index (χ2n) is 6.41. The maximum atomic E-state index is 12.6. The highest BCUT2D eigenvalue weighted by molar-refractivity contribution is 7.91. The highest BCUT2D eigenvalue weighted by Crippen LogP contribution is 2.28. The summed E-state index contributed by atoms with van der Waals surface area (Å²) in [6, 6.07) is 1.43. The molecule has 0 aliphatic rings. The van der Waals surface area contributed by atoms with Crippen LogP contribution in [-0.2, 0) is 16.4 Å². The molecule has 1 aromatic carbocycles. The molecule has 0 fully saturated rings. The van der Waals surface area contributed by atoms with Gasteiger partial charge in [-0.05, 0) is 6.07 Å². The number of hydrogen-bond acceptors (Lipinski definition) is 9. The van der Waals surface area contributed by atoms with Gasteiger partial charge in [-0.25, -0.2) is 23.0 Å². The minimum absolute atomic E-state index is 0.0962. The molecule has 1 atom stereocenters. The molecule has 2 heterocycles. The first-order chi connectivity index (χ1) is 14.1. The Hall–Kier alpha value is -3.72. The van der Waals surface area contributed by atoms with E-state index < -0.39 is 37.9 Å². The second-order valence-corrected chi connectivity index (χ2v) is 8.14. The maximum Gasteiger partial charge on any atom is 0.348 e. The number of aromatic amines is 2. The van der Waals surface area contributed by atoms with E-state index in [-0.39, 0.29) is 34.3 Å². The Morgan fingerprint density at radius 3 is 2.67 bits per heavy atom. The summed E-state index contributed by atoms with van der Waals surface area (Å²) in [5, 5.41) is 23.7. The number of nitrogens with zero attached hydrogens (tertiary/aromatic N) is 3. The van der Waals surface area contributed by atoms with Gasteiger partial charge in [-0.1, -0.05) is 0 Å². The fourth-order valence-electron chi connectivity index (χ4n) is 2.81. The van der Waals surface area contributed by atoms with Crippen LogP contribution in [0, 0.1) is 10.1 Å². The molecule has 2 aromatic heterocycles. The molecule has 0 bridgehead atoms. The van der Waals surface area contributed by atoms with E-state index in [0.29, 0.717) is 5.69 Å². The lowest BCUT2D eigenvalue weighted by molar-refractivity contribution is -0.383. The number of aliphatic hydroxyl groups is 1. The van der Waals surface area contributed by atoms with Gasteiger partial charge in [0.05, 0.1) is 41.1 Å². The number of aromatic nitrogens is 4. The largest absolute Gasteiger partial charge is 0.394 e. The number of benzene rings is 1. The predicted octanol–water partition coefficient (Wildman–Crippen LogP) is -1.16. The van der Waals surface area contributed by atoms with Crippen LogP contribution in [0.1, 0.15) is 5.69 Å². The van der Waals surface area contributed by atoms with Crippen molar-refractivity contribution in [2.24, 2.45) is 0 Å². The third kappa shape index (κ3) is 4.47. The zero-order valence-electron chi connectivity index (χ0n) is 15.4. The SMILES string of the molecule is CS(=O)(=O)Nn1c(=O)[nH]c2cc([N+](=O)[O-])c(N[C@@H](CO)Cc3cnc[nH]3)cc2c1=O. The summed E-state index contributed by atoms with van der Waals surface area (Å²) in [5.74, 6) is 0. The van der Waals surface area contributed by atoms with Gasteiger partial charge in [0.25, 0.3) is 11.2 Å². The van der Waals surface area contributed by atoms with Crippen molar-refractivity contribution in [3.05, 3.63) is 61.3 Å². The number of H-pyrrole nitrogens is 2. The molecule has 0 aliphatic heterocycles. The van der Waals surface area contributed by atoms with Gasteiger partial charge in [0.2, 0.25) is 10.0 Å². The highest BCUT2D eigenvalue weighted by Gasteiger charge is 2.22. The minimum atomic E-state index is -3.95. The predicted molar refractivity (Wildman–Crippen MR) is 106 cm³/mol. The lowest BCUT2D eigenvalue weighted by atomic mass is 10.1. The molecule has 30 heavy (non-hydrogen) atoms. The van der Waals surface area contributed by atoms with Crippen LogP contribution >= 0.6 is 0 Å². The van der Waals surface area contributed by atoms with E-state index in [4.69, 9.17) is 0 Å². The lowest BCUT2D eigenvalue weighted by Crippen LogP contribution is -2.43. The number of nitrogens with one attached hydrogen (secondary N) is 4. The smallest absolute Gasteiger partial charge is 0.348 e. The summed E-state index contributed by atoms with van der Waals surface area (Å²) in [7, 11) is -3.95. The first-order valence-corrected chi connectivity index (χ1v) is 10.3. The summed E-state index contributed by atoms with van der Waals surface area (Å²) < 4.78 is 23.1. The fraction of sp³-hybridized carbons (Fsp3) is 0.267. The van der Waals surface area contributed by atoms with Gasteiger partial charge in [-0.15, -0.1) is 0 Å². The lowest BCUT2D eigenvalue weighted by Gasteiger charge is -2.17. The third-order valence-corrected chi connectivity index (χ3v) is 4.58. The van der Waals surface area contributed by atoms with Crippen molar-refractivity contribution < 1.29 is 18.4 Å². The average Bonchev–Trinajstić information content (AvgIpc) is 3.16. The zero-order valence-corrected chi connectivity index (χ0v) is 16.3. The zero-order chi connectivity index (χ0) is 22.1. The number of nitro groups is 1. The number of sulfonamides is 1. The van der Waals surface area contributed by atoms with Crippen molar-refractivity contribution in [3.8, 4) is 0 Å². The molecule has 0 spiro atoms. The number of nitro benzene ring substituents is 1. The van der Waals surface area contributed by atoms with Gasteiger partial charge in [-0.2, -0.15) is 4.68 Å². The van der Waals surface area contributed by atoms with Crippen LogP contribution in [0.4, 0.5) is 11.4 Å². The number of aliphatic hydroxyl groups excluding tert-OH is 1. The third-order valence-electron chi connectivity index (χ3n) is 4.07. The number of anilines is 1. The first kappa shape index (κ1) is 21.0. The summed E-state index contributed by atoms with van der Waals surface area (Å²) in [5.41, 5.74) is -2.17. The number of hydrogen-bond donors (Lipinski definition) is 5. The van der Waals surface area contributed by atoms with Crippen LogP contribution in [0.5, 0.6) is 0 Å². The molecule has 3 rings (SSSR count). The Morgan fingerprint density at radius 2 is 2.10 bits per heavy atom. The van der Waals surface area contributed by atoms with Crippen molar-refractivity contribution >= 4 is 32.3 Å². The van der Waals surface area contributed by atoms with Gasteiger partial charge >= 0.3 is 5.69 Å². The molecule has 0 radical (unpaired) electrons. The van der Waals surface area contributed by atoms with Crippen LogP contribution in [-0.4, -0.2) is 57.0 Å². The van der Waals surface area contributed by atoms with Crippen molar-refractivity contribution in [3.63, 3.8) is 0 Å². The van der Waals surface area contributed by atoms with Gasteiger partial charge < -0.3 is 20.4 Å². The Kier molecular flexibility index (Phi) is 5.57. The van der Waals surface area contributed by atoms with Crippen LogP contribution in [0.3, 0.4) is 0 Å². The van der Waals surface area contributed by atoms with E-state index in [9.17, 15) is 33.2 Å². The van der Waals surface area contributed by atoms with Crippen molar-refractivity contribution in [2.75, 3.05) is 23.0 Å². The number of rotatable bonds is 8. The molecule has 0 aliphatic carbocycles. The van der Waals surface area contributed by atoms with E-state index in [1.807, 2.05) is 0 Å².